The highest BCUT2D eigenvalue weighted by molar-refractivity contribution is 5.92. The summed E-state index contributed by atoms with van der Waals surface area (Å²) in [7, 11) is 0. The zero-order valence-electron chi connectivity index (χ0n) is 14.2. The quantitative estimate of drug-likeness (QED) is 0.443. The molecule has 2 aromatic carbocycles. The third-order valence-electron chi connectivity index (χ3n) is 3.50. The smallest absolute Gasteiger partial charge is 0.341 e. The van der Waals surface area contributed by atoms with Crippen LogP contribution >= 0.6 is 0 Å². The molecule has 1 heterocycles. The average Bonchev–Trinajstić information content (AvgIpc) is 2.69. The van der Waals surface area contributed by atoms with E-state index in [1.807, 2.05) is 30.3 Å². The Morgan fingerprint density at radius 1 is 0.846 bits per heavy atom. The molecule has 132 valence electrons. The van der Waals surface area contributed by atoms with Gasteiger partial charge in [0.1, 0.15) is 22.8 Å². The van der Waals surface area contributed by atoms with Gasteiger partial charge < -0.3 is 14.2 Å². The predicted octanol–water partition coefficient (Wildman–Crippen LogP) is 4.50. The highest BCUT2D eigenvalue weighted by Crippen LogP contribution is 2.25. The summed E-state index contributed by atoms with van der Waals surface area (Å²) in [5.74, 6) is 1.37. The molecule has 0 fully saturated rings. The van der Waals surface area contributed by atoms with Gasteiger partial charge in [-0.15, -0.1) is 0 Å². The minimum absolute atomic E-state index is 0.271. The summed E-state index contributed by atoms with van der Waals surface area (Å²) in [5.41, 5.74) is 0.375. The molecule has 0 aliphatic heterocycles. The van der Waals surface area contributed by atoms with E-state index in [9.17, 15) is 4.79 Å². The Balaban J connectivity index is 1.50. The first-order chi connectivity index (χ1) is 12.8. The number of hydrogen-bond donors (Lipinski definition) is 0. The Labute approximate surface area is 152 Å². The number of rotatable bonds is 8. The number of pyridine rings is 1. The summed E-state index contributed by atoms with van der Waals surface area (Å²) in [6.45, 7) is 0.748. The molecule has 5 nitrogen and oxygen atoms in total. The summed E-state index contributed by atoms with van der Waals surface area (Å²) < 4.78 is 16.6. The second-order valence-corrected chi connectivity index (χ2v) is 5.44. The van der Waals surface area contributed by atoms with E-state index >= 15 is 0 Å². The first kappa shape index (κ1) is 17.5. The summed E-state index contributed by atoms with van der Waals surface area (Å²) in [4.78, 5) is 16.3. The van der Waals surface area contributed by atoms with Gasteiger partial charge in [0, 0.05) is 12.6 Å². The monoisotopic (exact) mass is 349 g/mol. The molecule has 0 amide bonds. The number of carbonyl (C=O) groups excluding carboxylic acids is 1. The molecule has 0 radical (unpaired) electrons. The second kappa shape index (κ2) is 9.22. The van der Waals surface area contributed by atoms with Crippen molar-refractivity contribution in [3.63, 3.8) is 0 Å². The Morgan fingerprint density at radius 2 is 1.62 bits per heavy atom. The summed E-state index contributed by atoms with van der Waals surface area (Å²) >= 11 is 0. The zero-order chi connectivity index (χ0) is 18.0. The molecule has 0 spiro atoms. The Bertz CT molecular complexity index is 822. The van der Waals surface area contributed by atoms with Crippen LogP contribution in [-0.4, -0.2) is 24.2 Å². The van der Waals surface area contributed by atoms with Gasteiger partial charge in [-0.1, -0.05) is 30.3 Å². The van der Waals surface area contributed by atoms with Gasteiger partial charge in [-0.05, 0) is 36.4 Å². The highest BCUT2D eigenvalue weighted by atomic mass is 16.5. The van der Waals surface area contributed by atoms with Crippen LogP contribution in [0.5, 0.6) is 17.2 Å². The van der Waals surface area contributed by atoms with Crippen molar-refractivity contribution in [3.05, 3.63) is 84.7 Å². The van der Waals surface area contributed by atoms with E-state index in [0.717, 1.165) is 5.75 Å². The zero-order valence-corrected chi connectivity index (χ0v) is 14.2. The molecular weight excluding hydrogens is 330 g/mol. The number of nitrogens with zero attached hydrogens (tertiary/aromatic N) is 1. The Kier molecular flexibility index (Phi) is 6.20. The van der Waals surface area contributed by atoms with Crippen LogP contribution in [0.1, 0.15) is 16.8 Å². The van der Waals surface area contributed by atoms with Crippen molar-refractivity contribution in [2.45, 2.75) is 6.42 Å². The topological polar surface area (TPSA) is 57.7 Å². The van der Waals surface area contributed by atoms with Crippen molar-refractivity contribution >= 4 is 5.97 Å². The fourth-order valence-electron chi connectivity index (χ4n) is 2.27. The molecule has 0 saturated carbocycles. The SMILES string of the molecule is O=C(OCCCOc1ccccc1)c1ccccc1Oc1cccnc1. The molecule has 0 saturated heterocycles. The lowest BCUT2D eigenvalue weighted by molar-refractivity contribution is 0.0483. The molecule has 3 rings (SSSR count). The average molecular weight is 349 g/mol. The van der Waals surface area contributed by atoms with Crippen molar-refractivity contribution in [2.75, 3.05) is 13.2 Å². The predicted molar refractivity (Wildman–Crippen MR) is 97.6 cm³/mol. The van der Waals surface area contributed by atoms with Crippen LogP contribution < -0.4 is 9.47 Å². The number of benzene rings is 2. The molecule has 5 heteroatoms. The molecule has 0 aliphatic rings. The van der Waals surface area contributed by atoms with E-state index in [0.29, 0.717) is 30.1 Å². The molecule has 0 atom stereocenters. The van der Waals surface area contributed by atoms with Crippen LogP contribution in [0, 0.1) is 0 Å². The number of ether oxygens (including phenoxy) is 3. The van der Waals surface area contributed by atoms with Gasteiger partial charge >= 0.3 is 5.97 Å². The van der Waals surface area contributed by atoms with Crippen molar-refractivity contribution in [3.8, 4) is 17.2 Å². The Hall–Kier alpha value is -3.34. The number of hydrogen-bond acceptors (Lipinski definition) is 5. The maximum Gasteiger partial charge on any atom is 0.341 e. The van der Waals surface area contributed by atoms with Gasteiger partial charge in [0.2, 0.25) is 0 Å². The standard InChI is InChI=1S/C21H19NO4/c23-21(25-15-7-14-24-17-8-2-1-3-9-17)19-11-4-5-12-20(19)26-18-10-6-13-22-16-18/h1-6,8-13,16H,7,14-15H2. The number of esters is 1. The van der Waals surface area contributed by atoms with Gasteiger partial charge in [-0.2, -0.15) is 0 Å². The van der Waals surface area contributed by atoms with Gasteiger partial charge in [-0.25, -0.2) is 4.79 Å². The molecule has 0 bridgehead atoms. The lowest BCUT2D eigenvalue weighted by atomic mass is 10.2. The molecule has 3 aromatic rings. The first-order valence-corrected chi connectivity index (χ1v) is 8.35. The number of carbonyl (C=O) groups is 1. The van der Waals surface area contributed by atoms with Crippen LogP contribution in [0.15, 0.2) is 79.1 Å². The van der Waals surface area contributed by atoms with Crippen LogP contribution in [0.3, 0.4) is 0 Å². The summed E-state index contributed by atoms with van der Waals surface area (Å²) in [6, 6.07) is 20.0. The Morgan fingerprint density at radius 3 is 2.42 bits per heavy atom. The number of aromatic nitrogens is 1. The van der Waals surface area contributed by atoms with E-state index in [4.69, 9.17) is 14.2 Å². The fraction of sp³-hybridized carbons (Fsp3) is 0.143. The lowest BCUT2D eigenvalue weighted by Crippen LogP contribution is -2.10. The van der Waals surface area contributed by atoms with E-state index < -0.39 is 5.97 Å². The van der Waals surface area contributed by atoms with Gasteiger partial charge in [0.05, 0.1) is 19.4 Å². The van der Waals surface area contributed by atoms with E-state index in [2.05, 4.69) is 4.98 Å². The minimum atomic E-state index is -0.427. The van der Waals surface area contributed by atoms with E-state index in [-0.39, 0.29) is 6.61 Å². The molecule has 26 heavy (non-hydrogen) atoms. The third-order valence-corrected chi connectivity index (χ3v) is 3.50. The molecule has 0 aliphatic carbocycles. The van der Waals surface area contributed by atoms with Crippen LogP contribution in [0.4, 0.5) is 0 Å². The fourth-order valence-corrected chi connectivity index (χ4v) is 2.27. The largest absolute Gasteiger partial charge is 0.493 e. The number of para-hydroxylation sites is 2. The maximum absolute atomic E-state index is 12.3. The van der Waals surface area contributed by atoms with Crippen LogP contribution in [-0.2, 0) is 4.74 Å². The second-order valence-electron chi connectivity index (χ2n) is 5.44. The van der Waals surface area contributed by atoms with Gasteiger partial charge in [-0.3, -0.25) is 4.98 Å². The summed E-state index contributed by atoms with van der Waals surface area (Å²) in [6.07, 6.45) is 3.85. The molecular formula is C21H19NO4. The maximum atomic E-state index is 12.3. The van der Waals surface area contributed by atoms with Crippen LogP contribution in [0.25, 0.3) is 0 Å². The van der Waals surface area contributed by atoms with E-state index in [1.165, 1.54) is 0 Å². The highest BCUT2D eigenvalue weighted by Gasteiger charge is 2.14. The minimum Gasteiger partial charge on any atom is -0.493 e. The summed E-state index contributed by atoms with van der Waals surface area (Å²) in [5, 5.41) is 0. The molecule has 1 aromatic heterocycles. The van der Waals surface area contributed by atoms with Crippen molar-refractivity contribution < 1.29 is 19.0 Å². The normalized spacial score (nSPS) is 10.2. The van der Waals surface area contributed by atoms with E-state index in [1.54, 1.807) is 48.8 Å². The lowest BCUT2D eigenvalue weighted by Gasteiger charge is -2.11. The van der Waals surface area contributed by atoms with Gasteiger partial charge in [0.25, 0.3) is 0 Å². The third kappa shape index (κ3) is 5.08. The van der Waals surface area contributed by atoms with Gasteiger partial charge in [0.15, 0.2) is 0 Å². The van der Waals surface area contributed by atoms with Crippen LogP contribution in [0.2, 0.25) is 0 Å². The van der Waals surface area contributed by atoms with Crippen molar-refractivity contribution in [1.29, 1.82) is 0 Å². The van der Waals surface area contributed by atoms with Crippen molar-refractivity contribution in [1.82, 2.24) is 4.98 Å². The molecule has 0 unspecified atom stereocenters. The molecule has 0 N–H and O–H groups in total. The first-order valence-electron chi connectivity index (χ1n) is 8.35. The van der Waals surface area contributed by atoms with Crippen molar-refractivity contribution in [2.24, 2.45) is 0 Å².